The Kier molecular flexibility index (Phi) is 3.54. The Hall–Kier alpha value is -4.08. The maximum atomic E-state index is 13.0. The van der Waals surface area contributed by atoms with Gasteiger partial charge in [0.15, 0.2) is 11.1 Å². The standard InChI is InChI=1S/C18H14N4O6/c23-11-5-1-9(2-6-11)17(13(25)19-15(27)21-17)18(14(26)20-16(28)22-18)10-3-7-12(24)8-4-10/h1-8,23-24H,(H2,19,21,25,27)(H2,20,22,26,28). The topological polar surface area (TPSA) is 157 Å². The first-order valence-corrected chi connectivity index (χ1v) is 8.16. The molecule has 6 N–H and O–H groups in total. The number of phenolic OH excluding ortho intramolecular Hbond substituents is 2. The van der Waals surface area contributed by atoms with Crippen molar-refractivity contribution in [2.75, 3.05) is 0 Å². The molecule has 0 aliphatic carbocycles. The van der Waals surface area contributed by atoms with Crippen LogP contribution in [0.2, 0.25) is 0 Å². The third kappa shape index (κ3) is 2.14. The summed E-state index contributed by atoms with van der Waals surface area (Å²) < 4.78 is 0. The number of hydrogen-bond acceptors (Lipinski definition) is 6. The number of imide groups is 2. The SMILES string of the molecule is O=C1NC(=O)C(c2ccc(O)cc2)(C2(c3ccc(O)cc3)NC(=O)NC2=O)N1. The van der Waals surface area contributed by atoms with Gasteiger partial charge in [0.1, 0.15) is 11.5 Å². The number of phenols is 2. The molecular formula is C18H14N4O6. The van der Waals surface area contributed by atoms with Crippen LogP contribution in [0.1, 0.15) is 11.1 Å². The van der Waals surface area contributed by atoms with Gasteiger partial charge in [-0.2, -0.15) is 0 Å². The van der Waals surface area contributed by atoms with Gasteiger partial charge in [0.05, 0.1) is 0 Å². The molecule has 0 bridgehead atoms. The summed E-state index contributed by atoms with van der Waals surface area (Å²) in [6.07, 6.45) is 0. The highest BCUT2D eigenvalue weighted by molar-refractivity contribution is 6.17. The van der Waals surface area contributed by atoms with E-state index in [0.29, 0.717) is 0 Å². The van der Waals surface area contributed by atoms with Gasteiger partial charge in [0.2, 0.25) is 0 Å². The smallest absolute Gasteiger partial charge is 0.322 e. The molecular weight excluding hydrogens is 368 g/mol. The summed E-state index contributed by atoms with van der Waals surface area (Å²) in [6.45, 7) is 0. The van der Waals surface area contributed by atoms with Crippen LogP contribution in [-0.2, 0) is 20.7 Å². The Morgan fingerprint density at radius 2 is 0.893 bits per heavy atom. The zero-order valence-electron chi connectivity index (χ0n) is 14.1. The Bertz CT molecular complexity index is 936. The van der Waals surface area contributed by atoms with Crippen molar-refractivity contribution in [3.63, 3.8) is 0 Å². The summed E-state index contributed by atoms with van der Waals surface area (Å²) in [4.78, 5) is 50.3. The molecule has 2 heterocycles. The molecule has 2 aliphatic rings. The lowest BCUT2D eigenvalue weighted by Crippen LogP contribution is -2.67. The molecule has 28 heavy (non-hydrogen) atoms. The molecule has 2 fully saturated rings. The zero-order chi connectivity index (χ0) is 20.1. The van der Waals surface area contributed by atoms with Gasteiger partial charge in [0.25, 0.3) is 11.8 Å². The van der Waals surface area contributed by atoms with E-state index in [4.69, 9.17) is 0 Å². The highest BCUT2D eigenvalue weighted by Gasteiger charge is 2.69. The Balaban J connectivity index is 2.06. The third-order valence-electron chi connectivity index (χ3n) is 4.90. The number of aromatic hydroxyl groups is 2. The molecule has 142 valence electrons. The molecule has 2 aromatic rings. The summed E-state index contributed by atoms with van der Waals surface area (Å²) in [5.41, 5.74) is -3.80. The molecule has 10 nitrogen and oxygen atoms in total. The molecule has 2 aliphatic heterocycles. The maximum absolute atomic E-state index is 13.0. The van der Waals surface area contributed by atoms with Gasteiger partial charge < -0.3 is 20.8 Å². The number of amides is 6. The summed E-state index contributed by atoms with van der Waals surface area (Å²) in [5.74, 6) is -1.92. The second kappa shape index (κ2) is 5.71. The van der Waals surface area contributed by atoms with Crippen molar-refractivity contribution in [1.29, 1.82) is 0 Å². The van der Waals surface area contributed by atoms with Crippen LogP contribution < -0.4 is 21.3 Å². The van der Waals surface area contributed by atoms with Gasteiger partial charge in [0, 0.05) is 0 Å². The quantitative estimate of drug-likeness (QED) is 0.406. The first-order valence-electron chi connectivity index (χ1n) is 8.16. The van der Waals surface area contributed by atoms with Gasteiger partial charge >= 0.3 is 12.1 Å². The Labute approximate surface area is 157 Å². The molecule has 0 aromatic heterocycles. The van der Waals surface area contributed by atoms with Crippen molar-refractivity contribution >= 4 is 23.9 Å². The molecule has 0 radical (unpaired) electrons. The normalized spacial score (nSPS) is 26.4. The van der Waals surface area contributed by atoms with Crippen LogP contribution in [0.4, 0.5) is 9.59 Å². The van der Waals surface area contributed by atoms with Gasteiger partial charge in [-0.15, -0.1) is 0 Å². The minimum Gasteiger partial charge on any atom is -0.508 e. The maximum Gasteiger partial charge on any atom is 0.322 e. The van der Waals surface area contributed by atoms with Crippen LogP contribution in [0, 0.1) is 0 Å². The van der Waals surface area contributed by atoms with E-state index in [2.05, 4.69) is 21.3 Å². The van der Waals surface area contributed by atoms with Crippen molar-refractivity contribution < 1.29 is 29.4 Å². The van der Waals surface area contributed by atoms with Crippen LogP contribution >= 0.6 is 0 Å². The fraction of sp³-hybridized carbons (Fsp3) is 0.111. The number of rotatable bonds is 3. The third-order valence-corrected chi connectivity index (χ3v) is 4.90. The minimum absolute atomic E-state index is 0.0952. The molecule has 10 heteroatoms. The van der Waals surface area contributed by atoms with Crippen molar-refractivity contribution in [2.45, 2.75) is 11.1 Å². The van der Waals surface area contributed by atoms with E-state index >= 15 is 0 Å². The van der Waals surface area contributed by atoms with Gasteiger partial charge in [-0.05, 0) is 35.4 Å². The van der Waals surface area contributed by atoms with Crippen LogP contribution in [0.15, 0.2) is 48.5 Å². The average Bonchev–Trinajstić information content (AvgIpc) is 3.12. The first-order chi connectivity index (χ1) is 13.3. The van der Waals surface area contributed by atoms with Gasteiger partial charge in [-0.25, -0.2) is 9.59 Å². The number of hydrogen-bond donors (Lipinski definition) is 6. The number of urea groups is 2. The minimum atomic E-state index is -2.05. The average molecular weight is 382 g/mol. The molecule has 2 atom stereocenters. The first kappa shape index (κ1) is 17.3. The van der Waals surface area contributed by atoms with Crippen molar-refractivity contribution in [1.82, 2.24) is 21.3 Å². The molecule has 0 spiro atoms. The highest BCUT2D eigenvalue weighted by Crippen LogP contribution is 2.45. The lowest BCUT2D eigenvalue weighted by molar-refractivity contribution is -0.136. The molecule has 6 amide bonds. The van der Waals surface area contributed by atoms with Crippen LogP contribution in [0.5, 0.6) is 11.5 Å². The largest absolute Gasteiger partial charge is 0.508 e. The van der Waals surface area contributed by atoms with Crippen LogP contribution in [0.25, 0.3) is 0 Å². The number of carbonyl (C=O) groups is 4. The summed E-state index contributed by atoms with van der Waals surface area (Å²) in [6, 6.07) is 8.88. The number of carbonyl (C=O) groups excluding carboxylic acids is 4. The lowest BCUT2D eigenvalue weighted by Gasteiger charge is -2.41. The summed E-state index contributed by atoms with van der Waals surface area (Å²) in [7, 11) is 0. The molecule has 2 saturated heterocycles. The molecule has 2 unspecified atom stereocenters. The lowest BCUT2D eigenvalue weighted by atomic mass is 9.68. The Morgan fingerprint density at radius 1 is 0.571 bits per heavy atom. The highest BCUT2D eigenvalue weighted by atomic mass is 16.3. The summed E-state index contributed by atoms with van der Waals surface area (Å²) in [5, 5.41) is 28.4. The predicted molar refractivity (Wildman–Crippen MR) is 92.9 cm³/mol. The van der Waals surface area contributed by atoms with Crippen molar-refractivity contribution in [3.05, 3.63) is 59.7 Å². The second-order valence-electron chi connectivity index (χ2n) is 6.41. The van der Waals surface area contributed by atoms with Gasteiger partial charge in [-0.3, -0.25) is 20.2 Å². The molecule has 0 saturated carbocycles. The van der Waals surface area contributed by atoms with E-state index in [9.17, 15) is 29.4 Å². The number of benzene rings is 2. The van der Waals surface area contributed by atoms with E-state index in [1.54, 1.807) is 0 Å². The fourth-order valence-corrected chi connectivity index (χ4v) is 3.70. The fourth-order valence-electron chi connectivity index (χ4n) is 3.70. The second-order valence-corrected chi connectivity index (χ2v) is 6.41. The molecule has 4 rings (SSSR count). The molecule has 2 aromatic carbocycles. The van der Waals surface area contributed by atoms with E-state index in [1.807, 2.05) is 0 Å². The number of nitrogens with one attached hydrogen (secondary N) is 4. The Morgan fingerprint density at radius 3 is 1.14 bits per heavy atom. The predicted octanol–water partition coefficient (Wildman–Crippen LogP) is -0.133. The van der Waals surface area contributed by atoms with E-state index in [1.165, 1.54) is 48.5 Å². The van der Waals surface area contributed by atoms with Crippen molar-refractivity contribution in [3.8, 4) is 11.5 Å². The summed E-state index contributed by atoms with van der Waals surface area (Å²) >= 11 is 0. The monoisotopic (exact) mass is 382 g/mol. The zero-order valence-corrected chi connectivity index (χ0v) is 14.1. The van der Waals surface area contributed by atoms with E-state index in [-0.39, 0.29) is 22.6 Å². The van der Waals surface area contributed by atoms with Gasteiger partial charge in [-0.1, -0.05) is 24.3 Å². The van der Waals surface area contributed by atoms with Crippen LogP contribution in [0.3, 0.4) is 0 Å². The van der Waals surface area contributed by atoms with Crippen LogP contribution in [-0.4, -0.2) is 34.1 Å². The van der Waals surface area contributed by atoms with E-state index in [0.717, 1.165) is 0 Å². The van der Waals surface area contributed by atoms with Crippen molar-refractivity contribution in [2.24, 2.45) is 0 Å². The van der Waals surface area contributed by atoms with E-state index < -0.39 is 35.0 Å².